The van der Waals surface area contributed by atoms with E-state index in [1.807, 2.05) is 0 Å². The molecule has 0 spiro atoms. The predicted molar refractivity (Wildman–Crippen MR) is 109 cm³/mol. The number of hydrogen-bond donors (Lipinski definition) is 0. The zero-order chi connectivity index (χ0) is 21.7. The van der Waals surface area contributed by atoms with Gasteiger partial charge >= 0.3 is 6.18 Å². The molecule has 0 aliphatic heterocycles. The normalized spacial score (nSPS) is 11.3. The third-order valence-corrected chi connectivity index (χ3v) is 4.75. The van der Waals surface area contributed by atoms with Crippen LogP contribution in [0.5, 0.6) is 0 Å². The van der Waals surface area contributed by atoms with Gasteiger partial charge in [-0.05, 0) is 42.0 Å². The molecule has 0 radical (unpaired) electrons. The average Bonchev–Trinajstić information content (AvgIpc) is 3.14. The van der Waals surface area contributed by atoms with Crippen molar-refractivity contribution in [2.75, 3.05) is 6.54 Å². The van der Waals surface area contributed by atoms with Crippen LogP contribution in [0.1, 0.15) is 27.3 Å². The van der Waals surface area contributed by atoms with E-state index in [0.29, 0.717) is 35.1 Å². The minimum atomic E-state index is -4.37. The predicted octanol–water partition coefficient (Wildman–Crippen LogP) is 5.43. The van der Waals surface area contributed by atoms with Gasteiger partial charge in [-0.3, -0.25) is 4.79 Å². The Balaban J connectivity index is 1.76. The van der Waals surface area contributed by atoms with E-state index in [0.717, 1.165) is 12.1 Å². The molecule has 0 aliphatic rings. The third-order valence-electron chi connectivity index (χ3n) is 4.50. The number of carbonyl (C=O) groups excluding carboxylic acids is 1. The lowest BCUT2D eigenvalue weighted by Gasteiger charge is -2.21. The molecule has 0 unspecified atom stereocenters. The van der Waals surface area contributed by atoms with E-state index in [9.17, 15) is 18.0 Å². The first-order chi connectivity index (χ1) is 14.3. The Morgan fingerprint density at radius 2 is 1.80 bits per heavy atom. The van der Waals surface area contributed by atoms with Crippen molar-refractivity contribution in [3.05, 3.63) is 101 Å². The zero-order valence-corrected chi connectivity index (χ0v) is 16.7. The molecule has 1 amide bonds. The number of rotatable bonds is 7. The Bertz CT molecular complexity index is 1010. The molecule has 4 nitrogen and oxygen atoms in total. The van der Waals surface area contributed by atoms with E-state index in [-0.39, 0.29) is 12.5 Å². The van der Waals surface area contributed by atoms with Gasteiger partial charge in [0.25, 0.3) is 5.91 Å². The number of carbonyl (C=O) groups is 1. The summed E-state index contributed by atoms with van der Waals surface area (Å²) in [6.07, 6.45) is 0.576. The highest BCUT2D eigenvalue weighted by Crippen LogP contribution is 2.29. The Labute approximate surface area is 177 Å². The Kier molecular flexibility index (Phi) is 6.62. The molecule has 0 bridgehead atoms. The quantitative estimate of drug-likeness (QED) is 0.466. The number of hydrogen-bond acceptors (Lipinski definition) is 2. The highest BCUT2D eigenvalue weighted by molar-refractivity contribution is 6.30. The van der Waals surface area contributed by atoms with Crippen LogP contribution in [-0.2, 0) is 19.3 Å². The van der Waals surface area contributed by atoms with Gasteiger partial charge in [0.05, 0.1) is 12.1 Å². The van der Waals surface area contributed by atoms with Crippen LogP contribution in [0.3, 0.4) is 0 Å². The molecule has 8 heteroatoms. The molecule has 0 saturated carbocycles. The topological polar surface area (TPSA) is 38.1 Å². The Morgan fingerprint density at radius 1 is 1.13 bits per heavy atom. The molecule has 1 heterocycles. The molecule has 0 fully saturated rings. The summed E-state index contributed by atoms with van der Waals surface area (Å²) in [5, 5.41) is 0.536. The third kappa shape index (κ3) is 5.30. The SMILES string of the molecule is C=CCN(Cc1nccn1Cc1ccc(C(F)(F)F)cc1)C(=O)c1ccc(Cl)cc1. The van der Waals surface area contributed by atoms with E-state index < -0.39 is 11.7 Å². The number of halogens is 4. The van der Waals surface area contributed by atoms with E-state index in [2.05, 4.69) is 11.6 Å². The first-order valence-electron chi connectivity index (χ1n) is 9.10. The molecule has 1 aromatic heterocycles. The largest absolute Gasteiger partial charge is 0.416 e. The van der Waals surface area contributed by atoms with Crippen LogP contribution in [0.4, 0.5) is 13.2 Å². The molecule has 2 aromatic carbocycles. The average molecular weight is 434 g/mol. The Morgan fingerprint density at radius 3 is 2.40 bits per heavy atom. The molecule has 0 atom stereocenters. The molecule has 30 heavy (non-hydrogen) atoms. The molecule has 0 N–H and O–H groups in total. The van der Waals surface area contributed by atoms with Crippen LogP contribution >= 0.6 is 11.6 Å². The molecule has 156 valence electrons. The standard InChI is InChI=1S/C22H19ClF3N3O/c1-2-12-29(21(30)17-5-9-19(23)10-6-17)15-20-27-11-13-28(20)14-16-3-7-18(8-4-16)22(24,25)26/h2-11,13H,1,12,14-15H2. The maximum absolute atomic E-state index is 12.9. The number of alkyl halides is 3. The van der Waals surface area contributed by atoms with Crippen LogP contribution in [0.2, 0.25) is 5.02 Å². The van der Waals surface area contributed by atoms with Crippen molar-refractivity contribution in [1.29, 1.82) is 0 Å². The number of benzene rings is 2. The summed E-state index contributed by atoms with van der Waals surface area (Å²) in [5.41, 5.74) is 0.492. The monoisotopic (exact) mass is 433 g/mol. The number of imidazole rings is 1. The fourth-order valence-corrected chi connectivity index (χ4v) is 3.08. The van der Waals surface area contributed by atoms with Gasteiger partial charge < -0.3 is 9.47 Å². The van der Waals surface area contributed by atoms with Crippen molar-refractivity contribution in [3.63, 3.8) is 0 Å². The second-order valence-electron chi connectivity index (χ2n) is 6.65. The van der Waals surface area contributed by atoms with Crippen LogP contribution < -0.4 is 0 Å². The van der Waals surface area contributed by atoms with Crippen molar-refractivity contribution >= 4 is 17.5 Å². The van der Waals surface area contributed by atoms with E-state index >= 15 is 0 Å². The van der Waals surface area contributed by atoms with Crippen molar-refractivity contribution < 1.29 is 18.0 Å². The van der Waals surface area contributed by atoms with E-state index in [4.69, 9.17) is 11.6 Å². The van der Waals surface area contributed by atoms with Crippen LogP contribution in [-0.4, -0.2) is 26.9 Å². The van der Waals surface area contributed by atoms with Gasteiger partial charge in [-0.2, -0.15) is 13.2 Å². The van der Waals surface area contributed by atoms with Gasteiger partial charge in [0.1, 0.15) is 5.82 Å². The lowest BCUT2D eigenvalue weighted by molar-refractivity contribution is -0.137. The van der Waals surface area contributed by atoms with Crippen LogP contribution in [0.25, 0.3) is 0 Å². The summed E-state index contributed by atoms with van der Waals surface area (Å²) < 4.78 is 40.0. The summed E-state index contributed by atoms with van der Waals surface area (Å²) in [4.78, 5) is 18.8. The maximum Gasteiger partial charge on any atom is 0.416 e. The fourth-order valence-electron chi connectivity index (χ4n) is 2.95. The van der Waals surface area contributed by atoms with Gasteiger partial charge in [0.15, 0.2) is 0 Å². The molecular formula is C22H19ClF3N3O. The first kappa shape index (κ1) is 21.6. The number of aromatic nitrogens is 2. The smallest absolute Gasteiger partial charge is 0.329 e. The minimum Gasteiger partial charge on any atom is -0.329 e. The summed E-state index contributed by atoms with van der Waals surface area (Å²) in [6.45, 7) is 4.58. The van der Waals surface area contributed by atoms with Crippen molar-refractivity contribution in [1.82, 2.24) is 14.5 Å². The van der Waals surface area contributed by atoms with Gasteiger partial charge in [-0.25, -0.2) is 4.98 Å². The summed E-state index contributed by atoms with van der Waals surface area (Å²) in [6, 6.07) is 11.6. The zero-order valence-electron chi connectivity index (χ0n) is 15.9. The van der Waals surface area contributed by atoms with Gasteiger partial charge in [-0.15, -0.1) is 6.58 Å². The summed E-state index contributed by atoms with van der Waals surface area (Å²) in [5.74, 6) is 0.412. The summed E-state index contributed by atoms with van der Waals surface area (Å²) >= 11 is 5.89. The second kappa shape index (κ2) is 9.17. The minimum absolute atomic E-state index is 0.198. The van der Waals surface area contributed by atoms with Gasteiger partial charge in [0.2, 0.25) is 0 Å². The fraction of sp³-hybridized carbons (Fsp3) is 0.182. The number of amides is 1. The highest BCUT2D eigenvalue weighted by atomic mass is 35.5. The van der Waals surface area contributed by atoms with E-state index in [1.165, 1.54) is 12.1 Å². The van der Waals surface area contributed by atoms with Crippen molar-refractivity contribution in [2.45, 2.75) is 19.3 Å². The molecule has 3 rings (SSSR count). The lowest BCUT2D eigenvalue weighted by atomic mass is 10.1. The van der Waals surface area contributed by atoms with Gasteiger partial charge in [0, 0.05) is 36.1 Å². The molecule has 0 saturated heterocycles. The molecular weight excluding hydrogens is 415 g/mol. The van der Waals surface area contributed by atoms with Gasteiger partial charge in [-0.1, -0.05) is 29.8 Å². The maximum atomic E-state index is 12.9. The lowest BCUT2D eigenvalue weighted by Crippen LogP contribution is -2.32. The second-order valence-corrected chi connectivity index (χ2v) is 7.08. The number of nitrogens with zero attached hydrogens (tertiary/aromatic N) is 3. The highest BCUT2D eigenvalue weighted by Gasteiger charge is 2.30. The Hall–Kier alpha value is -3.06. The summed E-state index contributed by atoms with van der Waals surface area (Å²) in [7, 11) is 0. The molecule has 0 aliphatic carbocycles. The molecule has 3 aromatic rings. The van der Waals surface area contributed by atoms with Crippen molar-refractivity contribution in [3.8, 4) is 0 Å². The van der Waals surface area contributed by atoms with Crippen LogP contribution in [0, 0.1) is 0 Å². The van der Waals surface area contributed by atoms with E-state index in [1.54, 1.807) is 52.2 Å². The first-order valence-corrected chi connectivity index (χ1v) is 9.47. The van der Waals surface area contributed by atoms with Crippen molar-refractivity contribution in [2.24, 2.45) is 0 Å². The van der Waals surface area contributed by atoms with Crippen LogP contribution in [0.15, 0.2) is 73.6 Å².